The number of hydrogen-bond donors (Lipinski definition) is 0. The van der Waals surface area contributed by atoms with Crippen molar-refractivity contribution in [3.05, 3.63) is 35.9 Å². The summed E-state index contributed by atoms with van der Waals surface area (Å²) >= 11 is 0. The van der Waals surface area contributed by atoms with Gasteiger partial charge in [-0.15, -0.1) is 0 Å². The molecule has 0 bridgehead atoms. The van der Waals surface area contributed by atoms with Gasteiger partial charge in [-0.3, -0.25) is 4.90 Å². The van der Waals surface area contributed by atoms with E-state index in [4.69, 9.17) is 4.74 Å². The van der Waals surface area contributed by atoms with Gasteiger partial charge in [0, 0.05) is 26.2 Å². The first-order chi connectivity index (χ1) is 10.4. The summed E-state index contributed by atoms with van der Waals surface area (Å²) in [6.45, 7) is 9.62. The second-order valence-corrected chi connectivity index (χ2v) is 7.47. The van der Waals surface area contributed by atoms with Crippen LogP contribution in [-0.4, -0.2) is 47.2 Å². The highest BCUT2D eigenvalue weighted by Crippen LogP contribution is 2.33. The van der Waals surface area contributed by atoms with E-state index in [-0.39, 0.29) is 6.09 Å². The number of carbonyl (C=O) groups excluding carboxylic acids is 1. The van der Waals surface area contributed by atoms with Crippen LogP contribution in [0.25, 0.3) is 0 Å². The molecule has 1 aromatic carbocycles. The minimum Gasteiger partial charge on any atom is -0.444 e. The lowest BCUT2D eigenvalue weighted by Crippen LogP contribution is -2.42. The van der Waals surface area contributed by atoms with Crippen molar-refractivity contribution in [2.45, 2.75) is 45.4 Å². The number of amides is 1. The average molecular weight is 302 g/mol. The third kappa shape index (κ3) is 3.43. The van der Waals surface area contributed by atoms with Crippen LogP contribution in [0.4, 0.5) is 4.79 Å². The maximum atomic E-state index is 12.4. The van der Waals surface area contributed by atoms with Crippen molar-refractivity contribution in [2.75, 3.05) is 19.6 Å². The smallest absolute Gasteiger partial charge is 0.410 e. The van der Waals surface area contributed by atoms with Crippen molar-refractivity contribution in [1.82, 2.24) is 9.80 Å². The predicted octanol–water partition coefficient (Wildman–Crippen LogP) is 3.13. The van der Waals surface area contributed by atoms with Crippen LogP contribution in [0.2, 0.25) is 0 Å². The van der Waals surface area contributed by atoms with Gasteiger partial charge in [0.25, 0.3) is 0 Å². The lowest BCUT2D eigenvalue weighted by Gasteiger charge is -2.28. The molecule has 2 aliphatic heterocycles. The molecule has 120 valence electrons. The minimum atomic E-state index is -0.419. The number of fused-ring (bicyclic) bond motifs is 1. The van der Waals surface area contributed by atoms with Crippen LogP contribution >= 0.6 is 0 Å². The lowest BCUT2D eigenvalue weighted by molar-refractivity contribution is 0.0217. The number of likely N-dealkylation sites (tertiary alicyclic amines) is 2. The third-order valence-corrected chi connectivity index (χ3v) is 4.50. The molecule has 2 aliphatic rings. The van der Waals surface area contributed by atoms with E-state index in [2.05, 4.69) is 29.2 Å². The highest BCUT2D eigenvalue weighted by molar-refractivity contribution is 5.69. The molecule has 22 heavy (non-hydrogen) atoms. The Bertz CT molecular complexity index is 524. The molecule has 0 aromatic heterocycles. The SMILES string of the molecule is CC(C)(C)OC(=O)N1CCC2CN(Cc3ccccc3)CC21. The summed E-state index contributed by atoms with van der Waals surface area (Å²) in [6, 6.07) is 10.9. The Morgan fingerprint density at radius 2 is 1.95 bits per heavy atom. The van der Waals surface area contributed by atoms with Gasteiger partial charge in [-0.05, 0) is 38.7 Å². The van der Waals surface area contributed by atoms with Gasteiger partial charge in [-0.25, -0.2) is 4.79 Å². The van der Waals surface area contributed by atoms with Crippen LogP contribution in [0.5, 0.6) is 0 Å². The molecule has 4 heteroatoms. The number of nitrogens with zero attached hydrogens (tertiary/aromatic N) is 2. The lowest BCUT2D eigenvalue weighted by atomic mass is 10.1. The van der Waals surface area contributed by atoms with Gasteiger partial charge in [0.2, 0.25) is 0 Å². The van der Waals surface area contributed by atoms with Gasteiger partial charge in [0.15, 0.2) is 0 Å². The maximum absolute atomic E-state index is 12.4. The Morgan fingerprint density at radius 1 is 1.23 bits per heavy atom. The predicted molar refractivity (Wildman–Crippen MR) is 86.6 cm³/mol. The summed E-state index contributed by atoms with van der Waals surface area (Å²) in [6.07, 6.45) is 0.941. The number of benzene rings is 1. The highest BCUT2D eigenvalue weighted by atomic mass is 16.6. The molecular weight excluding hydrogens is 276 g/mol. The first-order valence-electron chi connectivity index (χ1n) is 8.18. The van der Waals surface area contributed by atoms with Crippen LogP contribution < -0.4 is 0 Å². The monoisotopic (exact) mass is 302 g/mol. The summed E-state index contributed by atoms with van der Waals surface area (Å²) in [4.78, 5) is 16.8. The summed E-state index contributed by atoms with van der Waals surface area (Å²) in [7, 11) is 0. The molecule has 3 rings (SSSR count). The van der Waals surface area contributed by atoms with Gasteiger partial charge >= 0.3 is 6.09 Å². The van der Waals surface area contributed by atoms with Gasteiger partial charge in [0.1, 0.15) is 5.60 Å². The number of ether oxygens (including phenoxy) is 1. The molecule has 2 fully saturated rings. The van der Waals surface area contributed by atoms with E-state index >= 15 is 0 Å². The molecule has 1 amide bonds. The van der Waals surface area contributed by atoms with Gasteiger partial charge in [-0.2, -0.15) is 0 Å². The van der Waals surface area contributed by atoms with E-state index in [1.165, 1.54) is 5.56 Å². The average Bonchev–Trinajstić information content (AvgIpc) is 2.97. The van der Waals surface area contributed by atoms with Crippen LogP contribution in [0.15, 0.2) is 30.3 Å². The van der Waals surface area contributed by atoms with E-state index in [1.807, 2.05) is 31.7 Å². The van der Waals surface area contributed by atoms with Crippen LogP contribution in [0.1, 0.15) is 32.8 Å². The number of hydrogen-bond acceptors (Lipinski definition) is 3. The molecule has 0 radical (unpaired) electrons. The Kier molecular flexibility index (Phi) is 4.13. The quantitative estimate of drug-likeness (QED) is 0.841. The summed E-state index contributed by atoms with van der Waals surface area (Å²) < 4.78 is 5.55. The molecule has 0 N–H and O–H groups in total. The first-order valence-corrected chi connectivity index (χ1v) is 8.18. The second-order valence-electron chi connectivity index (χ2n) is 7.47. The molecule has 2 atom stereocenters. The molecule has 2 saturated heterocycles. The fourth-order valence-corrected chi connectivity index (χ4v) is 3.57. The third-order valence-electron chi connectivity index (χ3n) is 4.50. The van der Waals surface area contributed by atoms with E-state index in [0.29, 0.717) is 12.0 Å². The fraction of sp³-hybridized carbons (Fsp3) is 0.611. The van der Waals surface area contributed by atoms with E-state index < -0.39 is 5.60 Å². The fourth-order valence-electron chi connectivity index (χ4n) is 3.57. The van der Waals surface area contributed by atoms with E-state index in [9.17, 15) is 4.79 Å². The summed E-state index contributed by atoms with van der Waals surface area (Å²) in [5.41, 5.74) is 0.920. The number of rotatable bonds is 2. The second kappa shape index (κ2) is 5.92. The zero-order chi connectivity index (χ0) is 15.7. The summed E-state index contributed by atoms with van der Waals surface area (Å²) in [5, 5.41) is 0. The standard InChI is InChI=1S/C18H26N2O2/c1-18(2,3)22-17(21)20-10-9-15-12-19(13-16(15)20)11-14-7-5-4-6-8-14/h4-8,15-16H,9-13H2,1-3H3. The Morgan fingerprint density at radius 3 is 2.64 bits per heavy atom. The first kappa shape index (κ1) is 15.3. The van der Waals surface area contributed by atoms with Gasteiger partial charge in [0.05, 0.1) is 6.04 Å². The highest BCUT2D eigenvalue weighted by Gasteiger charge is 2.44. The molecule has 0 spiro atoms. The van der Waals surface area contributed by atoms with Crippen molar-refractivity contribution >= 4 is 6.09 Å². The number of carbonyl (C=O) groups is 1. The molecule has 0 saturated carbocycles. The van der Waals surface area contributed by atoms with Crippen molar-refractivity contribution in [2.24, 2.45) is 5.92 Å². The Labute approximate surface area is 133 Å². The van der Waals surface area contributed by atoms with E-state index in [1.54, 1.807) is 0 Å². The van der Waals surface area contributed by atoms with Gasteiger partial charge in [-0.1, -0.05) is 30.3 Å². The normalized spacial score (nSPS) is 25.3. The molecule has 4 nitrogen and oxygen atoms in total. The molecular formula is C18H26N2O2. The molecule has 1 aromatic rings. The van der Waals surface area contributed by atoms with Crippen molar-refractivity contribution in [3.63, 3.8) is 0 Å². The van der Waals surface area contributed by atoms with Crippen LogP contribution in [0.3, 0.4) is 0 Å². The van der Waals surface area contributed by atoms with E-state index in [0.717, 1.165) is 32.6 Å². The Hall–Kier alpha value is -1.55. The zero-order valence-corrected chi connectivity index (χ0v) is 13.8. The molecule has 2 heterocycles. The minimum absolute atomic E-state index is 0.151. The largest absolute Gasteiger partial charge is 0.444 e. The van der Waals surface area contributed by atoms with Crippen molar-refractivity contribution in [1.29, 1.82) is 0 Å². The molecule has 2 unspecified atom stereocenters. The molecule has 0 aliphatic carbocycles. The topological polar surface area (TPSA) is 32.8 Å². The maximum Gasteiger partial charge on any atom is 0.410 e. The van der Waals surface area contributed by atoms with Crippen molar-refractivity contribution < 1.29 is 9.53 Å². The zero-order valence-electron chi connectivity index (χ0n) is 13.8. The van der Waals surface area contributed by atoms with Gasteiger partial charge < -0.3 is 9.64 Å². The van der Waals surface area contributed by atoms with Crippen LogP contribution in [-0.2, 0) is 11.3 Å². The Balaban J connectivity index is 1.60. The summed E-state index contributed by atoms with van der Waals surface area (Å²) in [5.74, 6) is 0.594. The van der Waals surface area contributed by atoms with Crippen LogP contribution in [0, 0.1) is 5.92 Å². The van der Waals surface area contributed by atoms with Crippen molar-refractivity contribution in [3.8, 4) is 0 Å².